The summed E-state index contributed by atoms with van der Waals surface area (Å²) in [7, 11) is -3.54. The normalized spacial score (nSPS) is 19.7. The number of nitrogens with two attached hydrogens (primary N) is 1. The number of unbranched alkanes of at least 4 members (excludes halogenated alkanes) is 3. The zero-order valence-electron chi connectivity index (χ0n) is 15.6. The lowest BCUT2D eigenvalue weighted by atomic mass is 10.0. The number of carbonyl (C=O) groups is 3. The first-order valence-electron chi connectivity index (χ1n) is 9.54. The van der Waals surface area contributed by atoms with E-state index in [1.807, 2.05) is 0 Å². The van der Waals surface area contributed by atoms with Gasteiger partial charge in [-0.15, -0.1) is 0 Å². The highest BCUT2D eigenvalue weighted by Crippen LogP contribution is 2.32. The van der Waals surface area contributed by atoms with Crippen molar-refractivity contribution >= 4 is 27.6 Å². The van der Waals surface area contributed by atoms with E-state index in [0.29, 0.717) is 24.1 Å². The minimum atomic E-state index is -3.54. The molecule has 0 radical (unpaired) electrons. The summed E-state index contributed by atoms with van der Waals surface area (Å²) >= 11 is 0. The molecule has 0 aliphatic carbocycles. The van der Waals surface area contributed by atoms with Crippen molar-refractivity contribution in [3.63, 3.8) is 0 Å². The predicted molar refractivity (Wildman–Crippen MR) is 102 cm³/mol. The summed E-state index contributed by atoms with van der Waals surface area (Å²) in [4.78, 5) is 37.8. The average Bonchev–Trinajstić information content (AvgIpc) is 2.98. The fourth-order valence-electron chi connectivity index (χ4n) is 3.75. The molecule has 2 heterocycles. The number of amides is 3. The molecular formula is C19H25N3O5S. The van der Waals surface area contributed by atoms with Gasteiger partial charge in [0.25, 0.3) is 5.91 Å². The van der Waals surface area contributed by atoms with Gasteiger partial charge in [0.2, 0.25) is 11.8 Å². The van der Waals surface area contributed by atoms with Gasteiger partial charge in [0.05, 0.1) is 10.6 Å². The van der Waals surface area contributed by atoms with Gasteiger partial charge in [-0.25, -0.2) is 8.42 Å². The van der Waals surface area contributed by atoms with E-state index in [1.165, 1.54) is 11.0 Å². The maximum Gasteiger partial charge on any atom is 0.255 e. The second-order valence-electron chi connectivity index (χ2n) is 7.20. The summed E-state index contributed by atoms with van der Waals surface area (Å²) in [6.07, 6.45) is 3.48. The third-order valence-corrected chi connectivity index (χ3v) is 7.12. The Balaban J connectivity index is 1.78. The van der Waals surface area contributed by atoms with Crippen molar-refractivity contribution in [2.45, 2.75) is 56.0 Å². The number of hydrogen-bond donors (Lipinski definition) is 2. The molecule has 152 valence electrons. The van der Waals surface area contributed by atoms with Crippen molar-refractivity contribution < 1.29 is 22.8 Å². The smallest absolute Gasteiger partial charge is 0.255 e. The van der Waals surface area contributed by atoms with Gasteiger partial charge in [0.1, 0.15) is 6.04 Å². The van der Waals surface area contributed by atoms with Gasteiger partial charge in [-0.3, -0.25) is 19.7 Å². The zero-order valence-corrected chi connectivity index (χ0v) is 16.5. The molecule has 1 aromatic carbocycles. The lowest BCUT2D eigenvalue weighted by molar-refractivity contribution is -0.136. The van der Waals surface area contributed by atoms with E-state index >= 15 is 0 Å². The Hall–Kier alpha value is -2.26. The summed E-state index contributed by atoms with van der Waals surface area (Å²) in [5, 5.41) is 2.24. The fourth-order valence-corrected chi connectivity index (χ4v) is 5.39. The lowest BCUT2D eigenvalue weighted by Gasteiger charge is -2.29. The minimum absolute atomic E-state index is 0.0145. The molecule has 1 fully saturated rings. The molecule has 1 saturated heterocycles. The van der Waals surface area contributed by atoms with Gasteiger partial charge in [0.15, 0.2) is 9.84 Å². The highest BCUT2D eigenvalue weighted by molar-refractivity contribution is 7.91. The zero-order chi connectivity index (χ0) is 20.3. The third kappa shape index (κ3) is 4.10. The molecule has 3 N–H and O–H groups in total. The van der Waals surface area contributed by atoms with Crippen LogP contribution < -0.4 is 11.1 Å². The van der Waals surface area contributed by atoms with Crippen LogP contribution in [0, 0.1) is 0 Å². The predicted octanol–water partition coefficient (Wildman–Crippen LogP) is 0.740. The summed E-state index contributed by atoms with van der Waals surface area (Å²) in [6, 6.07) is 3.91. The molecule has 3 rings (SSSR count). The van der Waals surface area contributed by atoms with Crippen LogP contribution in [0.1, 0.15) is 54.4 Å². The fraction of sp³-hybridized carbons (Fsp3) is 0.526. The van der Waals surface area contributed by atoms with Crippen molar-refractivity contribution in [1.82, 2.24) is 10.2 Å². The second kappa shape index (κ2) is 8.40. The summed E-state index contributed by atoms with van der Waals surface area (Å²) in [6.45, 7) is 0.653. The van der Waals surface area contributed by atoms with E-state index in [0.717, 1.165) is 19.3 Å². The van der Waals surface area contributed by atoms with Crippen LogP contribution in [0.3, 0.4) is 0 Å². The maximum absolute atomic E-state index is 12.8. The standard InChI is InChI=1S/C19H25N3O5S/c20-10-3-1-2-4-11-28(26,27)16-7-5-6-13-14(16)12-22(19(13)25)15-8-9-17(23)21-18(15)24/h5-7,15H,1-4,8-12,20H2,(H,21,23,24). The molecule has 28 heavy (non-hydrogen) atoms. The van der Waals surface area contributed by atoms with E-state index in [9.17, 15) is 22.8 Å². The Kier molecular flexibility index (Phi) is 6.14. The summed E-state index contributed by atoms with van der Waals surface area (Å²) < 4.78 is 25.7. The van der Waals surface area contributed by atoms with Crippen LogP contribution >= 0.6 is 0 Å². The Morgan fingerprint density at radius 3 is 2.57 bits per heavy atom. The number of nitrogens with zero attached hydrogens (tertiary/aromatic N) is 1. The van der Waals surface area contributed by atoms with E-state index in [4.69, 9.17) is 5.73 Å². The number of benzene rings is 1. The van der Waals surface area contributed by atoms with Crippen LogP contribution in [-0.4, -0.2) is 49.4 Å². The number of carbonyl (C=O) groups excluding carboxylic acids is 3. The third-order valence-electron chi connectivity index (χ3n) is 5.24. The van der Waals surface area contributed by atoms with Gasteiger partial charge in [-0.1, -0.05) is 18.9 Å². The SMILES string of the molecule is NCCCCCCS(=O)(=O)c1cccc2c1CN(C1CCC(=O)NC1=O)C2=O. The quantitative estimate of drug-likeness (QED) is 0.483. The summed E-state index contributed by atoms with van der Waals surface area (Å²) in [5.41, 5.74) is 6.21. The molecular weight excluding hydrogens is 382 g/mol. The Morgan fingerprint density at radius 1 is 1.11 bits per heavy atom. The van der Waals surface area contributed by atoms with Crippen LogP contribution in [0.25, 0.3) is 0 Å². The lowest BCUT2D eigenvalue weighted by Crippen LogP contribution is -2.52. The molecule has 2 aliphatic heterocycles. The van der Waals surface area contributed by atoms with Gasteiger partial charge in [-0.05, 0) is 37.9 Å². The van der Waals surface area contributed by atoms with E-state index < -0.39 is 21.8 Å². The van der Waals surface area contributed by atoms with Crippen LogP contribution in [0.5, 0.6) is 0 Å². The Bertz CT molecular complexity index is 897. The molecule has 0 bridgehead atoms. The highest BCUT2D eigenvalue weighted by Gasteiger charge is 2.40. The Labute approximate surface area is 164 Å². The second-order valence-corrected chi connectivity index (χ2v) is 9.28. The first-order chi connectivity index (χ1) is 13.3. The van der Waals surface area contributed by atoms with Crippen molar-refractivity contribution in [3.05, 3.63) is 29.3 Å². The maximum atomic E-state index is 12.8. The number of rotatable bonds is 8. The van der Waals surface area contributed by atoms with Crippen molar-refractivity contribution in [2.75, 3.05) is 12.3 Å². The highest BCUT2D eigenvalue weighted by atomic mass is 32.2. The molecule has 0 spiro atoms. The number of piperidine rings is 1. The summed E-state index contributed by atoms with van der Waals surface area (Å²) in [5.74, 6) is -1.23. The van der Waals surface area contributed by atoms with Gasteiger partial charge in [0, 0.05) is 24.1 Å². The van der Waals surface area contributed by atoms with Crippen molar-refractivity contribution in [2.24, 2.45) is 5.73 Å². The molecule has 9 heteroatoms. The first-order valence-corrected chi connectivity index (χ1v) is 11.2. The largest absolute Gasteiger partial charge is 0.330 e. The first kappa shape index (κ1) is 20.5. The molecule has 2 aliphatic rings. The number of imide groups is 1. The van der Waals surface area contributed by atoms with Crippen LogP contribution in [0.15, 0.2) is 23.1 Å². The molecule has 0 saturated carbocycles. The average molecular weight is 407 g/mol. The number of fused-ring (bicyclic) bond motifs is 1. The number of hydrogen-bond acceptors (Lipinski definition) is 6. The monoisotopic (exact) mass is 407 g/mol. The Morgan fingerprint density at radius 2 is 1.86 bits per heavy atom. The minimum Gasteiger partial charge on any atom is -0.330 e. The molecule has 3 amide bonds. The molecule has 1 aromatic rings. The van der Waals surface area contributed by atoms with E-state index in [-0.39, 0.29) is 41.8 Å². The van der Waals surface area contributed by atoms with Gasteiger partial charge >= 0.3 is 0 Å². The number of sulfone groups is 1. The van der Waals surface area contributed by atoms with Gasteiger partial charge < -0.3 is 10.6 Å². The van der Waals surface area contributed by atoms with E-state index in [1.54, 1.807) is 12.1 Å². The number of nitrogens with one attached hydrogen (secondary N) is 1. The van der Waals surface area contributed by atoms with E-state index in [2.05, 4.69) is 5.32 Å². The topological polar surface area (TPSA) is 127 Å². The van der Waals surface area contributed by atoms with Crippen LogP contribution in [-0.2, 0) is 26.0 Å². The van der Waals surface area contributed by atoms with Crippen LogP contribution in [0.2, 0.25) is 0 Å². The molecule has 1 atom stereocenters. The van der Waals surface area contributed by atoms with Crippen LogP contribution in [0.4, 0.5) is 0 Å². The molecule has 1 unspecified atom stereocenters. The van der Waals surface area contributed by atoms with Gasteiger partial charge in [-0.2, -0.15) is 0 Å². The molecule has 8 nitrogen and oxygen atoms in total. The van der Waals surface area contributed by atoms with Crippen molar-refractivity contribution in [1.29, 1.82) is 0 Å². The van der Waals surface area contributed by atoms with Crippen molar-refractivity contribution in [3.8, 4) is 0 Å². The molecule has 0 aromatic heterocycles.